The number of ether oxygens (including phenoxy) is 3. The normalized spacial score (nSPS) is 28.5. The number of hydrogen-bond donors (Lipinski definition) is 0. The molecule has 36 heavy (non-hydrogen) atoms. The van der Waals surface area contributed by atoms with Gasteiger partial charge in [0.1, 0.15) is 0 Å². The molecule has 6 nitrogen and oxygen atoms in total. The van der Waals surface area contributed by atoms with E-state index >= 15 is 0 Å². The van der Waals surface area contributed by atoms with Crippen LogP contribution in [0.2, 0.25) is 34.8 Å². The van der Waals surface area contributed by atoms with Gasteiger partial charge in [-0.1, -0.05) is 41.5 Å². The molecule has 0 aromatic carbocycles. The molecule has 216 valence electrons. The van der Waals surface area contributed by atoms with Crippen molar-refractivity contribution >= 4 is 25.7 Å². The summed E-state index contributed by atoms with van der Waals surface area (Å²) in [7, 11) is -8.06. The quantitative estimate of drug-likeness (QED) is 0.224. The van der Waals surface area contributed by atoms with Gasteiger partial charge in [0.2, 0.25) is 0 Å². The Labute approximate surface area is 227 Å². The average Bonchev–Trinajstić information content (AvgIpc) is 2.64. The molecule has 1 rings (SSSR count). The average molecular weight is 565 g/mol. The molecule has 0 saturated carbocycles. The Bertz CT molecular complexity index is 566. The fraction of sp³-hybridized carbons (Fsp3) is 1.00. The van der Waals surface area contributed by atoms with Gasteiger partial charge in [0.25, 0.3) is 0 Å². The van der Waals surface area contributed by atoms with Gasteiger partial charge >= 0.3 is 25.7 Å². The highest BCUT2D eigenvalue weighted by atomic mass is 28.5. The van der Waals surface area contributed by atoms with Gasteiger partial charge in [-0.3, -0.25) is 0 Å². The Morgan fingerprint density at radius 2 is 0.639 bits per heavy atom. The maximum Gasteiger partial charge on any atom is 0.325 e. The lowest BCUT2D eigenvalue weighted by Gasteiger charge is -2.57. The predicted octanol–water partition coefficient (Wildman–Crippen LogP) is 8.05. The summed E-state index contributed by atoms with van der Waals surface area (Å²) in [6.07, 6.45) is 0. The summed E-state index contributed by atoms with van der Waals surface area (Å²) >= 11 is 0. The summed E-state index contributed by atoms with van der Waals surface area (Å²) in [5.74, 6) is 0. The van der Waals surface area contributed by atoms with Crippen molar-refractivity contribution in [3.05, 3.63) is 0 Å². The fourth-order valence-electron chi connectivity index (χ4n) is 4.32. The van der Waals surface area contributed by atoms with Crippen molar-refractivity contribution < 1.29 is 26.6 Å². The highest BCUT2D eigenvalue weighted by Gasteiger charge is 2.65. The number of rotatable bonds is 12. The third-order valence-electron chi connectivity index (χ3n) is 6.63. The Morgan fingerprint density at radius 3 is 0.778 bits per heavy atom. The van der Waals surface area contributed by atoms with Crippen LogP contribution in [-0.4, -0.2) is 62.3 Å². The maximum atomic E-state index is 7.33. The number of hydrogen-bond acceptors (Lipinski definition) is 6. The summed E-state index contributed by atoms with van der Waals surface area (Å²) in [5, 5.41) is 0. The van der Waals surface area contributed by atoms with Crippen molar-refractivity contribution in [2.75, 3.05) is 19.8 Å². The molecule has 0 amide bonds. The molecule has 0 aliphatic carbocycles. The second kappa shape index (κ2) is 12.7. The minimum atomic E-state index is -2.69. The highest BCUT2D eigenvalue weighted by molar-refractivity contribution is 6.96. The van der Waals surface area contributed by atoms with E-state index in [-0.39, 0.29) is 33.4 Å². The first-order valence-electron chi connectivity index (χ1n) is 14.1. The lowest BCUT2D eigenvalue weighted by atomic mass is 10.2. The first kappa shape index (κ1) is 34.4. The molecule has 0 spiro atoms. The van der Waals surface area contributed by atoms with Gasteiger partial charge in [-0.05, 0) is 78.9 Å². The summed E-state index contributed by atoms with van der Waals surface area (Å²) in [4.78, 5) is 0. The van der Waals surface area contributed by atoms with Gasteiger partial charge in [-0.2, -0.15) is 0 Å². The second-order valence-corrected chi connectivity index (χ2v) is 26.6. The molecule has 1 aliphatic rings. The highest BCUT2D eigenvalue weighted by Crippen LogP contribution is 2.49. The molecule has 1 saturated heterocycles. The molecule has 1 fully saturated rings. The van der Waals surface area contributed by atoms with E-state index < -0.39 is 25.7 Å². The zero-order chi connectivity index (χ0) is 28.2. The molecule has 0 unspecified atom stereocenters. The lowest BCUT2D eigenvalue weighted by molar-refractivity contribution is -0.00230. The van der Waals surface area contributed by atoms with E-state index in [9.17, 15) is 0 Å². The van der Waals surface area contributed by atoms with Crippen LogP contribution in [0.15, 0.2) is 0 Å². The second-order valence-electron chi connectivity index (χ2n) is 14.3. The van der Waals surface area contributed by atoms with Crippen LogP contribution in [0, 0.1) is 0 Å². The van der Waals surface area contributed by atoms with Crippen LogP contribution in [0.5, 0.6) is 0 Å². The first-order chi connectivity index (χ1) is 16.1. The van der Waals surface area contributed by atoms with E-state index in [2.05, 4.69) is 104 Å². The van der Waals surface area contributed by atoms with Gasteiger partial charge < -0.3 is 26.6 Å². The standard InChI is InChI=1S/C27H60O6Si3/c1-22(2)34(19-16-28-25(7,8)9)31-35(23(3)4,20-17-29-26(10,11)12)33-36(32-34,24(5)6)21-18-30-27(13,14)15/h22-24H,16-21H2,1-15H3. The molecule has 9 heteroatoms. The van der Waals surface area contributed by atoms with Gasteiger partial charge in [0.05, 0.1) is 16.8 Å². The Kier molecular flexibility index (Phi) is 12.2. The molecule has 0 aromatic rings. The Morgan fingerprint density at radius 1 is 0.444 bits per heavy atom. The lowest BCUT2D eigenvalue weighted by Crippen LogP contribution is -2.73. The largest absolute Gasteiger partial charge is 0.415 e. The summed E-state index contributed by atoms with van der Waals surface area (Å²) in [6.45, 7) is 34.5. The zero-order valence-corrected chi connectivity index (χ0v) is 29.4. The van der Waals surface area contributed by atoms with Crippen molar-refractivity contribution in [3.63, 3.8) is 0 Å². The molecule has 0 atom stereocenters. The van der Waals surface area contributed by atoms with E-state index in [1.807, 2.05) is 0 Å². The van der Waals surface area contributed by atoms with E-state index in [0.717, 1.165) is 18.1 Å². The molecule has 1 heterocycles. The SMILES string of the molecule is CC(C)[Si]1(CCOC(C)(C)C)O[Si](CCOC(C)(C)C)(C(C)C)O[Si](CCOC(C)(C)C)(C(C)C)O1. The van der Waals surface area contributed by atoms with Crippen molar-refractivity contribution in [1.82, 2.24) is 0 Å². The van der Waals surface area contributed by atoms with Crippen LogP contribution >= 0.6 is 0 Å². The van der Waals surface area contributed by atoms with E-state index in [1.54, 1.807) is 0 Å². The van der Waals surface area contributed by atoms with Crippen LogP contribution in [0.3, 0.4) is 0 Å². The minimum absolute atomic E-state index is 0.196. The van der Waals surface area contributed by atoms with Gasteiger partial charge in [0, 0.05) is 38.0 Å². The van der Waals surface area contributed by atoms with Gasteiger partial charge in [0.15, 0.2) is 0 Å². The van der Waals surface area contributed by atoms with Crippen LogP contribution in [-0.2, 0) is 26.6 Å². The zero-order valence-electron chi connectivity index (χ0n) is 26.4. The Balaban J connectivity index is 3.51. The summed E-state index contributed by atoms with van der Waals surface area (Å²) in [5.41, 5.74) is 0.267. The van der Waals surface area contributed by atoms with Crippen molar-refractivity contribution in [2.45, 2.75) is 155 Å². The van der Waals surface area contributed by atoms with Crippen LogP contribution in [0.1, 0.15) is 104 Å². The van der Waals surface area contributed by atoms with E-state index in [1.165, 1.54) is 0 Å². The summed E-state index contributed by atoms with van der Waals surface area (Å²) in [6, 6.07) is 2.44. The third kappa shape index (κ3) is 10.5. The smallest absolute Gasteiger partial charge is 0.325 e. The van der Waals surface area contributed by atoms with E-state index in [0.29, 0.717) is 19.8 Å². The van der Waals surface area contributed by atoms with E-state index in [4.69, 9.17) is 26.6 Å². The van der Waals surface area contributed by atoms with Crippen molar-refractivity contribution in [2.24, 2.45) is 0 Å². The molecule has 0 N–H and O–H groups in total. The van der Waals surface area contributed by atoms with Gasteiger partial charge in [-0.15, -0.1) is 0 Å². The third-order valence-corrected chi connectivity index (χ3v) is 22.9. The Hall–Kier alpha value is 0.411. The molecule has 0 bridgehead atoms. The monoisotopic (exact) mass is 564 g/mol. The molecular formula is C27H60O6Si3. The van der Waals surface area contributed by atoms with Gasteiger partial charge in [-0.25, -0.2) is 0 Å². The van der Waals surface area contributed by atoms with Crippen LogP contribution < -0.4 is 0 Å². The summed E-state index contributed by atoms with van der Waals surface area (Å²) < 4.78 is 40.7. The molecule has 0 aromatic heterocycles. The first-order valence-corrected chi connectivity index (χ1v) is 20.4. The van der Waals surface area contributed by atoms with Crippen LogP contribution in [0.4, 0.5) is 0 Å². The minimum Gasteiger partial charge on any atom is -0.415 e. The molecular weight excluding hydrogens is 505 g/mol. The van der Waals surface area contributed by atoms with Crippen molar-refractivity contribution in [1.29, 1.82) is 0 Å². The fourth-order valence-corrected chi connectivity index (χ4v) is 24.0. The van der Waals surface area contributed by atoms with Crippen LogP contribution in [0.25, 0.3) is 0 Å². The maximum absolute atomic E-state index is 7.33. The molecule has 0 radical (unpaired) electrons. The topological polar surface area (TPSA) is 55.4 Å². The molecule has 1 aliphatic heterocycles. The predicted molar refractivity (Wildman–Crippen MR) is 157 cm³/mol. The van der Waals surface area contributed by atoms with Crippen molar-refractivity contribution in [3.8, 4) is 0 Å².